The van der Waals surface area contributed by atoms with Crippen molar-refractivity contribution >= 4 is 86.8 Å². The molecule has 5 nitrogen and oxygen atoms in total. The summed E-state index contributed by atoms with van der Waals surface area (Å²) in [5.74, 6) is 1.71. The molecule has 278 valence electrons. The molecule has 0 N–H and O–H groups in total. The second-order valence-corrected chi connectivity index (χ2v) is 15.5. The molecule has 0 fully saturated rings. The van der Waals surface area contributed by atoms with Gasteiger partial charge in [-0.25, -0.2) is 4.98 Å². The SMILES string of the molecule is c1ccc(-c2cc(-c3nc(-c4cccc5oc6c7ccccc7ccc6c45)nc(-n4c5c6ccccc6ccc5c5ccc6ccccc6c54)n3)cc3ccccc23)cc1. The molecule has 0 aliphatic rings. The number of hydrogen-bond acceptors (Lipinski definition) is 4. The smallest absolute Gasteiger partial charge is 0.238 e. The van der Waals surface area contributed by atoms with E-state index in [4.69, 9.17) is 19.4 Å². The van der Waals surface area contributed by atoms with E-state index in [0.717, 1.165) is 104 Å². The first-order chi connectivity index (χ1) is 29.7. The van der Waals surface area contributed by atoms with Crippen LogP contribution in [0.4, 0.5) is 0 Å². The van der Waals surface area contributed by atoms with E-state index in [1.54, 1.807) is 0 Å². The number of hydrogen-bond donors (Lipinski definition) is 0. The van der Waals surface area contributed by atoms with Crippen LogP contribution in [-0.4, -0.2) is 19.5 Å². The van der Waals surface area contributed by atoms with E-state index in [1.807, 2.05) is 12.1 Å². The molecular weight excluding hydrogens is 733 g/mol. The highest BCUT2D eigenvalue weighted by Gasteiger charge is 2.23. The fraction of sp³-hybridized carbons (Fsp3) is 0. The van der Waals surface area contributed by atoms with E-state index in [-0.39, 0.29) is 0 Å². The highest BCUT2D eigenvalue weighted by Crippen LogP contribution is 2.42. The Kier molecular flexibility index (Phi) is 6.95. The number of fused-ring (bicyclic) bond motifs is 13. The molecule has 0 spiro atoms. The lowest BCUT2D eigenvalue weighted by Crippen LogP contribution is -2.07. The van der Waals surface area contributed by atoms with Gasteiger partial charge in [-0.3, -0.25) is 4.57 Å². The van der Waals surface area contributed by atoms with Crippen molar-refractivity contribution in [1.82, 2.24) is 19.5 Å². The molecule has 0 unspecified atom stereocenters. The molecule has 3 heterocycles. The van der Waals surface area contributed by atoms with E-state index in [9.17, 15) is 0 Å². The van der Waals surface area contributed by atoms with Crippen LogP contribution in [0.2, 0.25) is 0 Å². The average molecular weight is 765 g/mol. The van der Waals surface area contributed by atoms with Gasteiger partial charge in [0.15, 0.2) is 11.6 Å². The fourth-order valence-corrected chi connectivity index (χ4v) is 9.49. The Hall–Kier alpha value is -8.15. The summed E-state index contributed by atoms with van der Waals surface area (Å²) in [4.78, 5) is 16.5. The van der Waals surface area contributed by atoms with Crippen LogP contribution >= 0.6 is 0 Å². The zero-order chi connectivity index (χ0) is 39.3. The Morgan fingerprint density at radius 1 is 0.350 bits per heavy atom. The lowest BCUT2D eigenvalue weighted by Gasteiger charge is -2.14. The largest absolute Gasteiger partial charge is 0.455 e. The molecular formula is C55H32N4O. The molecule has 10 aromatic carbocycles. The van der Waals surface area contributed by atoms with Crippen LogP contribution in [0.5, 0.6) is 0 Å². The standard InChI is InChI=1S/C55H32N4O/c1-2-13-33(14-3-1)47-32-38(31-37-18-7-8-19-39(37)47)53-56-54(46-23-12-24-48-49(46)45-30-27-36-17-6-11-22-42(36)52(45)60-48)58-55(57-53)59-50-40-20-9-4-15-34(40)25-28-43(50)44-29-26-35-16-5-10-21-41(35)51(44)59/h1-32H. The Morgan fingerprint density at radius 3 is 1.62 bits per heavy atom. The first-order valence-corrected chi connectivity index (χ1v) is 20.3. The van der Waals surface area contributed by atoms with Crippen LogP contribution < -0.4 is 0 Å². The molecule has 0 radical (unpaired) electrons. The van der Waals surface area contributed by atoms with Crippen molar-refractivity contribution in [1.29, 1.82) is 0 Å². The molecule has 0 amide bonds. The number of nitrogens with zero attached hydrogens (tertiary/aromatic N) is 4. The number of aromatic nitrogens is 4. The number of benzene rings is 10. The Balaban J connectivity index is 1.18. The van der Waals surface area contributed by atoms with Crippen molar-refractivity contribution in [2.24, 2.45) is 0 Å². The topological polar surface area (TPSA) is 56.7 Å². The van der Waals surface area contributed by atoms with Gasteiger partial charge >= 0.3 is 0 Å². The zero-order valence-electron chi connectivity index (χ0n) is 32.2. The molecule has 0 bridgehead atoms. The normalized spacial score (nSPS) is 12.0. The van der Waals surface area contributed by atoms with Crippen LogP contribution in [0.1, 0.15) is 0 Å². The minimum absolute atomic E-state index is 0.548. The van der Waals surface area contributed by atoms with E-state index in [1.165, 1.54) is 5.39 Å². The Labute approximate surface area is 343 Å². The molecule has 0 saturated carbocycles. The second-order valence-electron chi connectivity index (χ2n) is 15.5. The number of furan rings is 1. The Morgan fingerprint density at radius 2 is 0.917 bits per heavy atom. The van der Waals surface area contributed by atoms with Gasteiger partial charge in [-0.15, -0.1) is 0 Å². The average Bonchev–Trinajstić information content (AvgIpc) is 3.88. The molecule has 13 aromatic rings. The van der Waals surface area contributed by atoms with Gasteiger partial charge in [0.05, 0.1) is 11.0 Å². The lowest BCUT2D eigenvalue weighted by atomic mass is 9.95. The van der Waals surface area contributed by atoms with Crippen molar-refractivity contribution in [2.45, 2.75) is 0 Å². The van der Waals surface area contributed by atoms with Gasteiger partial charge in [0.1, 0.15) is 11.2 Å². The van der Waals surface area contributed by atoms with Gasteiger partial charge < -0.3 is 4.42 Å². The van der Waals surface area contributed by atoms with Gasteiger partial charge in [0.2, 0.25) is 5.95 Å². The van der Waals surface area contributed by atoms with Crippen LogP contribution in [0.3, 0.4) is 0 Å². The maximum absolute atomic E-state index is 6.69. The minimum Gasteiger partial charge on any atom is -0.455 e. The zero-order valence-corrected chi connectivity index (χ0v) is 32.2. The highest BCUT2D eigenvalue weighted by molar-refractivity contribution is 6.24. The van der Waals surface area contributed by atoms with Crippen LogP contribution in [-0.2, 0) is 0 Å². The van der Waals surface area contributed by atoms with Crippen LogP contribution in [0.15, 0.2) is 199 Å². The quantitative estimate of drug-likeness (QED) is 0.179. The molecule has 0 aliphatic heterocycles. The summed E-state index contributed by atoms with van der Waals surface area (Å²) in [7, 11) is 0. The summed E-state index contributed by atoms with van der Waals surface area (Å²) in [6.07, 6.45) is 0. The van der Waals surface area contributed by atoms with Gasteiger partial charge in [0, 0.05) is 48.8 Å². The van der Waals surface area contributed by atoms with Crippen LogP contribution in [0, 0.1) is 0 Å². The minimum atomic E-state index is 0.548. The predicted molar refractivity (Wildman–Crippen MR) is 248 cm³/mol. The summed E-state index contributed by atoms with van der Waals surface area (Å²) < 4.78 is 8.98. The third-order valence-electron chi connectivity index (χ3n) is 12.2. The third-order valence-corrected chi connectivity index (χ3v) is 12.2. The second kappa shape index (κ2) is 12.7. The summed E-state index contributed by atoms with van der Waals surface area (Å²) in [5.41, 5.74) is 7.80. The molecule has 3 aromatic heterocycles. The molecule has 0 atom stereocenters. The molecule has 60 heavy (non-hydrogen) atoms. The van der Waals surface area contributed by atoms with Crippen molar-refractivity contribution in [3.63, 3.8) is 0 Å². The van der Waals surface area contributed by atoms with Crippen molar-refractivity contribution in [2.75, 3.05) is 0 Å². The van der Waals surface area contributed by atoms with E-state index in [2.05, 4.69) is 187 Å². The van der Waals surface area contributed by atoms with Crippen molar-refractivity contribution in [3.8, 4) is 39.9 Å². The molecule has 0 saturated heterocycles. The fourth-order valence-electron chi connectivity index (χ4n) is 9.49. The van der Waals surface area contributed by atoms with Gasteiger partial charge in [0.25, 0.3) is 0 Å². The Bertz CT molecular complexity index is 3810. The van der Waals surface area contributed by atoms with Gasteiger partial charge in [-0.05, 0) is 62.3 Å². The van der Waals surface area contributed by atoms with Gasteiger partial charge in [-0.1, -0.05) is 170 Å². The summed E-state index contributed by atoms with van der Waals surface area (Å²) in [6, 6.07) is 68.6. The maximum Gasteiger partial charge on any atom is 0.238 e. The summed E-state index contributed by atoms with van der Waals surface area (Å²) >= 11 is 0. The number of rotatable bonds is 4. The predicted octanol–water partition coefficient (Wildman–Crippen LogP) is 14.5. The third kappa shape index (κ3) is 4.84. The maximum atomic E-state index is 6.69. The van der Waals surface area contributed by atoms with Gasteiger partial charge in [-0.2, -0.15) is 9.97 Å². The van der Waals surface area contributed by atoms with E-state index in [0.29, 0.717) is 17.6 Å². The van der Waals surface area contributed by atoms with Crippen molar-refractivity contribution in [3.05, 3.63) is 194 Å². The summed E-state index contributed by atoms with van der Waals surface area (Å²) in [6.45, 7) is 0. The van der Waals surface area contributed by atoms with Crippen molar-refractivity contribution < 1.29 is 4.42 Å². The lowest BCUT2D eigenvalue weighted by molar-refractivity contribution is 0.672. The first kappa shape index (κ1) is 32.9. The van der Waals surface area contributed by atoms with E-state index >= 15 is 0 Å². The highest BCUT2D eigenvalue weighted by atomic mass is 16.3. The first-order valence-electron chi connectivity index (χ1n) is 20.3. The summed E-state index contributed by atoms with van der Waals surface area (Å²) in [5, 5.41) is 13.3. The van der Waals surface area contributed by atoms with Crippen LogP contribution in [0.25, 0.3) is 127 Å². The monoisotopic (exact) mass is 764 g/mol. The molecule has 13 rings (SSSR count). The van der Waals surface area contributed by atoms with E-state index < -0.39 is 0 Å². The molecule has 5 heteroatoms. The molecule has 0 aliphatic carbocycles.